The number of hydrogen-bond donors (Lipinski definition) is 0. The van der Waals surface area contributed by atoms with E-state index in [2.05, 4.69) is 10.8 Å². The smallest absolute Gasteiger partial charge is 0.343 e. The van der Waals surface area contributed by atoms with Gasteiger partial charge in [0, 0.05) is 0 Å². The maximum Gasteiger partial charge on any atom is 0.343 e. The Balaban J connectivity index is 1.85. The number of benzene rings is 3. The summed E-state index contributed by atoms with van der Waals surface area (Å²) >= 11 is 0. The number of esters is 2. The maximum absolute atomic E-state index is 12.4. The predicted octanol–water partition coefficient (Wildman–Crippen LogP) is 4.23. The van der Waals surface area contributed by atoms with Gasteiger partial charge in [-0.25, -0.2) is 9.59 Å². The van der Waals surface area contributed by atoms with Crippen molar-refractivity contribution in [3.63, 3.8) is 0 Å². The van der Waals surface area contributed by atoms with Crippen molar-refractivity contribution in [2.45, 2.75) is 0 Å². The van der Waals surface area contributed by atoms with Crippen LogP contribution in [-0.4, -0.2) is 19.0 Å². The molecule has 0 unspecified atom stereocenters. The van der Waals surface area contributed by atoms with Crippen LogP contribution in [0.25, 0.3) is 11.1 Å². The quantitative estimate of drug-likeness (QED) is 0.516. The van der Waals surface area contributed by atoms with Gasteiger partial charge in [-0.1, -0.05) is 36.4 Å². The standard InChI is InChI=1S/C22H15NO4/c1-26-21(24)16-8-5-9-17(12-16)22(25)27-19-10-11-20(18(13-19)14-23)15-6-3-2-4-7-15/h2-13H,1H3. The fraction of sp³-hybridized carbons (Fsp3) is 0.0455. The van der Waals surface area contributed by atoms with E-state index in [-0.39, 0.29) is 16.9 Å². The minimum Gasteiger partial charge on any atom is -0.465 e. The van der Waals surface area contributed by atoms with Crippen molar-refractivity contribution in [1.29, 1.82) is 5.26 Å². The van der Waals surface area contributed by atoms with Gasteiger partial charge in [0.1, 0.15) is 5.75 Å². The van der Waals surface area contributed by atoms with Gasteiger partial charge in [0.15, 0.2) is 0 Å². The van der Waals surface area contributed by atoms with Gasteiger partial charge in [-0.3, -0.25) is 0 Å². The minimum atomic E-state index is -0.628. The molecule has 0 heterocycles. The number of nitriles is 1. The number of nitrogens with zero attached hydrogens (tertiary/aromatic N) is 1. The van der Waals surface area contributed by atoms with Crippen LogP contribution in [0.5, 0.6) is 5.75 Å². The van der Waals surface area contributed by atoms with Crippen LogP contribution in [0.2, 0.25) is 0 Å². The second-order valence-electron chi connectivity index (χ2n) is 5.65. The Morgan fingerprint density at radius 1 is 0.852 bits per heavy atom. The predicted molar refractivity (Wildman–Crippen MR) is 99.3 cm³/mol. The zero-order valence-electron chi connectivity index (χ0n) is 14.5. The molecule has 0 spiro atoms. The molecule has 5 nitrogen and oxygen atoms in total. The molecular weight excluding hydrogens is 342 g/mol. The number of hydrogen-bond acceptors (Lipinski definition) is 5. The summed E-state index contributed by atoms with van der Waals surface area (Å²) in [7, 11) is 1.27. The summed E-state index contributed by atoms with van der Waals surface area (Å²) in [5.74, 6) is -0.916. The number of methoxy groups -OCH3 is 1. The Hall–Kier alpha value is -3.91. The van der Waals surface area contributed by atoms with Crippen molar-refractivity contribution in [3.05, 3.63) is 89.5 Å². The van der Waals surface area contributed by atoms with Gasteiger partial charge in [0.2, 0.25) is 0 Å². The van der Waals surface area contributed by atoms with E-state index in [1.807, 2.05) is 30.3 Å². The normalized spacial score (nSPS) is 9.93. The second kappa shape index (κ2) is 7.98. The molecule has 0 aliphatic carbocycles. The zero-order valence-corrected chi connectivity index (χ0v) is 14.5. The summed E-state index contributed by atoms with van der Waals surface area (Å²) in [4.78, 5) is 24.0. The SMILES string of the molecule is COC(=O)c1cccc(C(=O)Oc2ccc(-c3ccccc3)c(C#N)c2)c1. The first-order chi connectivity index (χ1) is 13.1. The van der Waals surface area contributed by atoms with Gasteiger partial charge >= 0.3 is 11.9 Å². The molecular formula is C22H15NO4. The van der Waals surface area contributed by atoms with Crippen LogP contribution in [0.3, 0.4) is 0 Å². The Bertz CT molecular complexity index is 1040. The molecule has 0 fully saturated rings. The third-order valence-corrected chi connectivity index (χ3v) is 3.93. The molecule has 0 amide bonds. The Morgan fingerprint density at radius 3 is 2.22 bits per heavy atom. The lowest BCUT2D eigenvalue weighted by atomic mass is 10.0. The first-order valence-electron chi connectivity index (χ1n) is 8.12. The minimum absolute atomic E-state index is 0.212. The highest BCUT2D eigenvalue weighted by atomic mass is 16.5. The summed E-state index contributed by atoms with van der Waals surface area (Å²) in [5, 5.41) is 9.44. The van der Waals surface area contributed by atoms with E-state index in [0.717, 1.165) is 11.1 Å². The number of carbonyl (C=O) groups excluding carboxylic acids is 2. The van der Waals surface area contributed by atoms with Gasteiger partial charge in [-0.2, -0.15) is 5.26 Å². The van der Waals surface area contributed by atoms with Crippen LogP contribution >= 0.6 is 0 Å². The number of ether oxygens (including phenoxy) is 2. The molecule has 3 aromatic rings. The summed E-state index contributed by atoms with van der Waals surface area (Å²) in [6.07, 6.45) is 0. The van der Waals surface area contributed by atoms with Crippen LogP contribution in [0, 0.1) is 11.3 Å². The van der Waals surface area contributed by atoms with Gasteiger partial charge in [0.25, 0.3) is 0 Å². The molecule has 0 aliphatic rings. The van der Waals surface area contributed by atoms with Crippen LogP contribution in [0.1, 0.15) is 26.3 Å². The van der Waals surface area contributed by atoms with E-state index < -0.39 is 11.9 Å². The fourth-order valence-corrected chi connectivity index (χ4v) is 2.61. The van der Waals surface area contributed by atoms with Gasteiger partial charge in [-0.05, 0) is 47.5 Å². The molecule has 0 saturated heterocycles. The van der Waals surface area contributed by atoms with E-state index in [9.17, 15) is 14.9 Å². The van der Waals surface area contributed by atoms with Crippen molar-refractivity contribution in [3.8, 4) is 22.9 Å². The zero-order chi connectivity index (χ0) is 19.2. The third kappa shape index (κ3) is 4.02. The third-order valence-electron chi connectivity index (χ3n) is 3.93. The van der Waals surface area contributed by atoms with Crippen LogP contribution in [0.15, 0.2) is 72.8 Å². The van der Waals surface area contributed by atoms with Gasteiger partial charge < -0.3 is 9.47 Å². The summed E-state index contributed by atoms with van der Waals surface area (Å²) in [6, 6.07) is 22.5. The van der Waals surface area contributed by atoms with Crippen molar-refractivity contribution in [1.82, 2.24) is 0 Å². The second-order valence-corrected chi connectivity index (χ2v) is 5.65. The Kier molecular flexibility index (Phi) is 5.29. The molecule has 0 aliphatic heterocycles. The molecule has 0 radical (unpaired) electrons. The van der Waals surface area contributed by atoms with E-state index in [1.54, 1.807) is 24.3 Å². The average molecular weight is 357 g/mol. The summed E-state index contributed by atoms with van der Waals surface area (Å²) < 4.78 is 10.0. The number of carbonyl (C=O) groups is 2. The molecule has 3 aromatic carbocycles. The first kappa shape index (κ1) is 17.9. The van der Waals surface area contributed by atoms with Crippen LogP contribution < -0.4 is 4.74 Å². The molecule has 0 atom stereocenters. The Labute approximate surface area is 156 Å². The van der Waals surface area contributed by atoms with E-state index in [1.165, 1.54) is 25.3 Å². The van der Waals surface area contributed by atoms with Gasteiger partial charge in [0.05, 0.1) is 29.9 Å². The summed E-state index contributed by atoms with van der Waals surface area (Å²) in [6.45, 7) is 0. The molecule has 0 saturated carbocycles. The largest absolute Gasteiger partial charge is 0.465 e. The molecule has 5 heteroatoms. The lowest BCUT2D eigenvalue weighted by Crippen LogP contribution is -2.10. The van der Waals surface area contributed by atoms with Crippen molar-refractivity contribution in [2.75, 3.05) is 7.11 Å². The first-order valence-corrected chi connectivity index (χ1v) is 8.12. The maximum atomic E-state index is 12.4. The molecule has 132 valence electrons. The molecule has 0 N–H and O–H groups in total. The molecule has 0 bridgehead atoms. The van der Waals surface area contributed by atoms with Crippen LogP contribution in [0.4, 0.5) is 0 Å². The highest BCUT2D eigenvalue weighted by Gasteiger charge is 2.14. The highest BCUT2D eigenvalue weighted by Crippen LogP contribution is 2.27. The topological polar surface area (TPSA) is 76.4 Å². The fourth-order valence-electron chi connectivity index (χ4n) is 2.61. The lowest BCUT2D eigenvalue weighted by molar-refractivity contribution is 0.0600. The monoisotopic (exact) mass is 357 g/mol. The Morgan fingerprint density at radius 2 is 1.56 bits per heavy atom. The molecule has 27 heavy (non-hydrogen) atoms. The molecule has 0 aromatic heterocycles. The average Bonchev–Trinajstić information content (AvgIpc) is 2.73. The van der Waals surface area contributed by atoms with E-state index in [4.69, 9.17) is 4.74 Å². The van der Waals surface area contributed by atoms with Crippen molar-refractivity contribution in [2.24, 2.45) is 0 Å². The molecule has 3 rings (SSSR count). The lowest BCUT2D eigenvalue weighted by Gasteiger charge is -2.09. The highest BCUT2D eigenvalue weighted by molar-refractivity contribution is 5.96. The van der Waals surface area contributed by atoms with Crippen molar-refractivity contribution < 1.29 is 19.1 Å². The summed E-state index contributed by atoms with van der Waals surface area (Å²) in [5.41, 5.74) is 2.52. The van der Waals surface area contributed by atoms with Crippen LogP contribution in [-0.2, 0) is 4.74 Å². The van der Waals surface area contributed by atoms with E-state index in [0.29, 0.717) is 5.56 Å². The van der Waals surface area contributed by atoms with Crippen molar-refractivity contribution >= 4 is 11.9 Å². The van der Waals surface area contributed by atoms with Gasteiger partial charge in [-0.15, -0.1) is 0 Å². The number of rotatable bonds is 4. The van der Waals surface area contributed by atoms with E-state index >= 15 is 0 Å².